The summed E-state index contributed by atoms with van der Waals surface area (Å²) in [6, 6.07) is 6.00. The van der Waals surface area contributed by atoms with Crippen molar-refractivity contribution in [1.82, 2.24) is 10.2 Å². The van der Waals surface area contributed by atoms with Gasteiger partial charge in [0.1, 0.15) is 5.82 Å². The van der Waals surface area contributed by atoms with Crippen molar-refractivity contribution in [1.29, 1.82) is 0 Å². The number of carbonyl (C=O) groups excluding carboxylic acids is 1. The summed E-state index contributed by atoms with van der Waals surface area (Å²) in [6.45, 7) is 4.08. The average molecular weight is 342 g/mol. The van der Waals surface area contributed by atoms with E-state index in [-0.39, 0.29) is 29.1 Å². The Morgan fingerprint density at radius 3 is 2.43 bits per heavy atom. The molecule has 1 fully saturated rings. The van der Waals surface area contributed by atoms with Crippen LogP contribution < -0.4 is 5.32 Å². The summed E-state index contributed by atoms with van der Waals surface area (Å²) in [7, 11) is -2.87. The molecule has 2 rings (SSSR count). The molecule has 7 heteroatoms. The van der Waals surface area contributed by atoms with Crippen LogP contribution in [0.25, 0.3) is 0 Å². The van der Waals surface area contributed by atoms with Crippen molar-refractivity contribution in [3.63, 3.8) is 0 Å². The van der Waals surface area contributed by atoms with Gasteiger partial charge in [0.15, 0.2) is 9.84 Å². The standard InChI is InChI=1S/C16H23FN2O3S/c1-2-15(13-3-5-14(17)6-4-13)16(20)18-7-8-19-9-11-23(21,22)12-10-19/h3-6,15H,2,7-12H2,1H3,(H,18,20). The van der Waals surface area contributed by atoms with E-state index >= 15 is 0 Å². The number of nitrogens with zero attached hydrogens (tertiary/aromatic N) is 1. The quantitative estimate of drug-likeness (QED) is 0.843. The van der Waals surface area contributed by atoms with Gasteiger partial charge in [0, 0.05) is 26.2 Å². The van der Waals surface area contributed by atoms with E-state index in [1.807, 2.05) is 11.8 Å². The highest BCUT2D eigenvalue weighted by Crippen LogP contribution is 2.19. The lowest BCUT2D eigenvalue weighted by Gasteiger charge is -2.26. The van der Waals surface area contributed by atoms with Gasteiger partial charge in [-0.1, -0.05) is 19.1 Å². The lowest BCUT2D eigenvalue weighted by Crippen LogP contribution is -2.44. The second kappa shape index (κ2) is 7.88. The SMILES string of the molecule is CCC(C(=O)NCCN1CCS(=O)(=O)CC1)c1ccc(F)cc1. The highest BCUT2D eigenvalue weighted by Gasteiger charge is 2.22. The van der Waals surface area contributed by atoms with Crippen molar-refractivity contribution >= 4 is 15.7 Å². The Morgan fingerprint density at radius 1 is 1.26 bits per heavy atom. The third kappa shape index (κ3) is 5.28. The predicted octanol–water partition coefficient (Wildman–Crippen LogP) is 1.17. The molecule has 1 amide bonds. The largest absolute Gasteiger partial charge is 0.354 e. The van der Waals surface area contributed by atoms with E-state index in [0.29, 0.717) is 32.6 Å². The van der Waals surface area contributed by atoms with E-state index in [0.717, 1.165) is 5.56 Å². The zero-order valence-electron chi connectivity index (χ0n) is 13.3. The minimum absolute atomic E-state index is 0.0799. The monoisotopic (exact) mass is 342 g/mol. The molecule has 1 N–H and O–H groups in total. The van der Waals surface area contributed by atoms with Crippen LogP contribution in [-0.4, -0.2) is 56.9 Å². The van der Waals surface area contributed by atoms with Crippen LogP contribution >= 0.6 is 0 Å². The molecule has 1 aliphatic heterocycles. The molecule has 1 unspecified atom stereocenters. The molecule has 5 nitrogen and oxygen atoms in total. The van der Waals surface area contributed by atoms with Gasteiger partial charge in [0.2, 0.25) is 5.91 Å². The van der Waals surface area contributed by atoms with Gasteiger partial charge in [0.25, 0.3) is 0 Å². The third-order valence-electron chi connectivity index (χ3n) is 4.16. The molecule has 1 atom stereocenters. The van der Waals surface area contributed by atoms with Crippen LogP contribution in [0.15, 0.2) is 24.3 Å². The van der Waals surface area contributed by atoms with Gasteiger partial charge in [-0.15, -0.1) is 0 Å². The smallest absolute Gasteiger partial charge is 0.227 e. The number of benzene rings is 1. The summed E-state index contributed by atoms with van der Waals surface area (Å²) in [5.41, 5.74) is 0.801. The predicted molar refractivity (Wildman–Crippen MR) is 87.5 cm³/mol. The fourth-order valence-corrected chi connectivity index (χ4v) is 3.98. The number of halogens is 1. The Morgan fingerprint density at radius 2 is 1.87 bits per heavy atom. The number of hydrogen-bond acceptors (Lipinski definition) is 4. The molecular formula is C16H23FN2O3S. The van der Waals surface area contributed by atoms with Crippen molar-refractivity contribution in [3.8, 4) is 0 Å². The number of carbonyl (C=O) groups is 1. The fraction of sp³-hybridized carbons (Fsp3) is 0.562. The second-order valence-corrected chi connectivity index (χ2v) is 8.10. The lowest BCUT2D eigenvalue weighted by atomic mass is 9.95. The molecule has 1 aromatic carbocycles. The Kier molecular flexibility index (Phi) is 6.12. The van der Waals surface area contributed by atoms with Crippen LogP contribution in [0.5, 0.6) is 0 Å². The van der Waals surface area contributed by atoms with Gasteiger partial charge in [-0.25, -0.2) is 12.8 Å². The van der Waals surface area contributed by atoms with Gasteiger partial charge in [-0.3, -0.25) is 9.69 Å². The van der Waals surface area contributed by atoms with E-state index in [4.69, 9.17) is 0 Å². The Balaban J connectivity index is 1.80. The molecule has 128 valence electrons. The topological polar surface area (TPSA) is 66.5 Å². The first-order valence-electron chi connectivity index (χ1n) is 7.87. The molecule has 0 aliphatic carbocycles. The molecule has 1 saturated heterocycles. The number of hydrogen-bond donors (Lipinski definition) is 1. The molecule has 0 bridgehead atoms. The number of amides is 1. The van der Waals surface area contributed by atoms with Crippen molar-refractivity contribution in [2.24, 2.45) is 0 Å². The van der Waals surface area contributed by atoms with Gasteiger partial charge in [-0.05, 0) is 24.1 Å². The van der Waals surface area contributed by atoms with Gasteiger partial charge < -0.3 is 5.32 Å². The maximum absolute atomic E-state index is 13.0. The maximum Gasteiger partial charge on any atom is 0.227 e. The molecule has 1 aliphatic rings. The first kappa shape index (κ1) is 17.9. The van der Waals surface area contributed by atoms with E-state index in [1.54, 1.807) is 12.1 Å². The number of nitrogens with one attached hydrogen (secondary N) is 1. The van der Waals surface area contributed by atoms with Crippen molar-refractivity contribution in [2.75, 3.05) is 37.7 Å². The highest BCUT2D eigenvalue weighted by molar-refractivity contribution is 7.91. The number of sulfone groups is 1. The summed E-state index contributed by atoms with van der Waals surface area (Å²) in [4.78, 5) is 14.3. The van der Waals surface area contributed by atoms with Crippen molar-refractivity contribution in [2.45, 2.75) is 19.3 Å². The van der Waals surface area contributed by atoms with E-state index in [1.165, 1.54) is 12.1 Å². The average Bonchev–Trinajstić information content (AvgIpc) is 2.51. The van der Waals surface area contributed by atoms with Crippen LogP contribution in [0.4, 0.5) is 4.39 Å². The number of rotatable bonds is 6. The van der Waals surface area contributed by atoms with Crippen molar-refractivity contribution in [3.05, 3.63) is 35.6 Å². The summed E-state index contributed by atoms with van der Waals surface area (Å²) < 4.78 is 35.7. The molecule has 0 saturated carbocycles. The normalized spacial score (nSPS) is 19.2. The molecule has 23 heavy (non-hydrogen) atoms. The van der Waals surface area contributed by atoms with Gasteiger partial charge in [0.05, 0.1) is 17.4 Å². The van der Waals surface area contributed by atoms with Crippen LogP contribution in [0.1, 0.15) is 24.8 Å². The first-order valence-corrected chi connectivity index (χ1v) is 9.69. The molecule has 0 aromatic heterocycles. The minimum Gasteiger partial charge on any atom is -0.354 e. The lowest BCUT2D eigenvalue weighted by molar-refractivity contribution is -0.122. The molecule has 0 spiro atoms. The fourth-order valence-electron chi connectivity index (χ4n) is 2.70. The van der Waals surface area contributed by atoms with Crippen LogP contribution in [-0.2, 0) is 14.6 Å². The summed E-state index contributed by atoms with van der Waals surface area (Å²) in [5.74, 6) is -0.312. The summed E-state index contributed by atoms with van der Waals surface area (Å²) in [6.07, 6.45) is 0.638. The van der Waals surface area contributed by atoms with Gasteiger partial charge in [-0.2, -0.15) is 0 Å². The third-order valence-corrected chi connectivity index (χ3v) is 5.77. The van der Waals surface area contributed by atoms with Crippen molar-refractivity contribution < 1.29 is 17.6 Å². The van der Waals surface area contributed by atoms with Crippen LogP contribution in [0, 0.1) is 5.82 Å². The highest BCUT2D eigenvalue weighted by atomic mass is 32.2. The minimum atomic E-state index is -2.87. The van der Waals surface area contributed by atoms with E-state index < -0.39 is 9.84 Å². The van der Waals surface area contributed by atoms with Crippen LogP contribution in [0.3, 0.4) is 0 Å². The Labute approximate surface area is 136 Å². The molecule has 1 heterocycles. The van der Waals surface area contributed by atoms with Crippen LogP contribution in [0.2, 0.25) is 0 Å². The molecule has 0 radical (unpaired) electrons. The molecular weight excluding hydrogens is 319 g/mol. The zero-order valence-corrected chi connectivity index (χ0v) is 14.1. The second-order valence-electron chi connectivity index (χ2n) is 5.80. The first-order chi connectivity index (χ1) is 10.9. The Hall–Kier alpha value is -1.47. The maximum atomic E-state index is 13.0. The Bertz CT molecular complexity index is 617. The summed E-state index contributed by atoms with van der Waals surface area (Å²) >= 11 is 0. The summed E-state index contributed by atoms with van der Waals surface area (Å²) in [5, 5.41) is 2.89. The van der Waals surface area contributed by atoms with E-state index in [9.17, 15) is 17.6 Å². The van der Waals surface area contributed by atoms with Gasteiger partial charge >= 0.3 is 0 Å². The van der Waals surface area contributed by atoms with E-state index in [2.05, 4.69) is 5.32 Å². The zero-order chi connectivity index (χ0) is 16.9. The molecule has 1 aromatic rings.